The lowest BCUT2D eigenvalue weighted by molar-refractivity contribution is -0.125. The second kappa shape index (κ2) is 7.79. The minimum absolute atomic E-state index is 0.147. The summed E-state index contributed by atoms with van der Waals surface area (Å²) >= 11 is 0. The molecule has 1 N–H and O–H groups in total. The molecule has 0 radical (unpaired) electrons. The molecule has 6 heteroatoms. The molecular formula is C21H30N2O4. The van der Waals surface area contributed by atoms with Crippen LogP contribution in [0.3, 0.4) is 0 Å². The van der Waals surface area contributed by atoms with Gasteiger partial charge in [0.25, 0.3) is 0 Å². The second-order valence-electron chi connectivity index (χ2n) is 8.40. The summed E-state index contributed by atoms with van der Waals surface area (Å²) in [5, 5.41) is 2.96. The van der Waals surface area contributed by atoms with Crippen molar-refractivity contribution in [2.75, 3.05) is 13.7 Å². The molecular weight excluding hydrogens is 344 g/mol. The van der Waals surface area contributed by atoms with Crippen molar-refractivity contribution in [2.24, 2.45) is 0 Å². The van der Waals surface area contributed by atoms with Gasteiger partial charge in [0.2, 0.25) is 5.91 Å². The average Bonchev–Trinajstić information content (AvgIpc) is 3.34. The number of amides is 2. The number of nitrogens with zero attached hydrogens (tertiary/aromatic N) is 1. The lowest BCUT2D eigenvalue weighted by Crippen LogP contribution is -2.47. The summed E-state index contributed by atoms with van der Waals surface area (Å²) in [4.78, 5) is 26.6. The van der Waals surface area contributed by atoms with Crippen LogP contribution in [0, 0.1) is 0 Å². The Bertz CT molecular complexity index is 707. The van der Waals surface area contributed by atoms with Gasteiger partial charge in [-0.2, -0.15) is 0 Å². The summed E-state index contributed by atoms with van der Waals surface area (Å²) in [5.41, 5.74) is 1.67. The van der Waals surface area contributed by atoms with E-state index in [1.54, 1.807) is 7.11 Å². The highest BCUT2D eigenvalue weighted by atomic mass is 16.6. The zero-order valence-electron chi connectivity index (χ0n) is 16.7. The molecule has 148 valence electrons. The van der Waals surface area contributed by atoms with E-state index in [9.17, 15) is 9.59 Å². The molecule has 1 saturated heterocycles. The molecule has 1 aromatic carbocycles. The van der Waals surface area contributed by atoms with Crippen LogP contribution in [0.5, 0.6) is 5.75 Å². The van der Waals surface area contributed by atoms with Crippen molar-refractivity contribution >= 4 is 12.0 Å². The molecule has 6 nitrogen and oxygen atoms in total. The van der Waals surface area contributed by atoms with E-state index < -0.39 is 17.7 Å². The zero-order valence-corrected chi connectivity index (χ0v) is 16.7. The number of hydrogen-bond donors (Lipinski definition) is 1. The molecule has 1 saturated carbocycles. The summed E-state index contributed by atoms with van der Waals surface area (Å²) in [5.74, 6) is 1.31. The van der Waals surface area contributed by atoms with Crippen LogP contribution in [0.2, 0.25) is 0 Å². The quantitative estimate of drug-likeness (QED) is 0.855. The molecule has 2 amide bonds. The van der Waals surface area contributed by atoms with Crippen molar-refractivity contribution in [3.05, 3.63) is 29.3 Å². The Labute approximate surface area is 161 Å². The van der Waals surface area contributed by atoms with Crippen LogP contribution in [0.25, 0.3) is 0 Å². The number of benzene rings is 1. The summed E-state index contributed by atoms with van der Waals surface area (Å²) in [6, 6.07) is 5.73. The van der Waals surface area contributed by atoms with E-state index in [1.165, 1.54) is 23.3 Å². The van der Waals surface area contributed by atoms with Gasteiger partial charge in [0, 0.05) is 18.7 Å². The molecule has 1 heterocycles. The molecule has 1 aliphatic heterocycles. The molecule has 0 aromatic heterocycles. The molecule has 1 aliphatic carbocycles. The highest BCUT2D eigenvalue weighted by Crippen LogP contribution is 2.41. The van der Waals surface area contributed by atoms with Gasteiger partial charge in [0.15, 0.2) is 0 Å². The number of rotatable bonds is 5. The maximum atomic E-state index is 12.7. The van der Waals surface area contributed by atoms with Crippen LogP contribution < -0.4 is 10.1 Å². The van der Waals surface area contributed by atoms with Gasteiger partial charge < -0.3 is 14.8 Å². The molecule has 1 aromatic rings. The Kier molecular flexibility index (Phi) is 5.63. The molecule has 0 spiro atoms. The monoisotopic (exact) mass is 374 g/mol. The molecule has 3 rings (SSSR count). The predicted molar refractivity (Wildman–Crippen MR) is 103 cm³/mol. The van der Waals surface area contributed by atoms with Crippen LogP contribution in [-0.4, -0.2) is 42.2 Å². The topological polar surface area (TPSA) is 67.9 Å². The predicted octanol–water partition coefficient (Wildman–Crippen LogP) is 3.59. The summed E-state index contributed by atoms with van der Waals surface area (Å²) < 4.78 is 10.9. The maximum absolute atomic E-state index is 12.7. The van der Waals surface area contributed by atoms with Gasteiger partial charge in [-0.3, -0.25) is 9.69 Å². The highest BCUT2D eigenvalue weighted by molar-refractivity contribution is 5.86. The van der Waals surface area contributed by atoms with Crippen molar-refractivity contribution in [3.63, 3.8) is 0 Å². The lowest BCUT2D eigenvalue weighted by Gasteiger charge is -2.28. The minimum atomic E-state index is -0.572. The number of carbonyl (C=O) groups is 2. The van der Waals surface area contributed by atoms with E-state index in [0.29, 0.717) is 25.4 Å². The second-order valence-corrected chi connectivity index (χ2v) is 8.40. The van der Waals surface area contributed by atoms with Crippen molar-refractivity contribution in [3.8, 4) is 5.75 Å². The van der Waals surface area contributed by atoms with Crippen LogP contribution in [0.4, 0.5) is 4.79 Å². The van der Waals surface area contributed by atoms with E-state index in [0.717, 1.165) is 17.7 Å². The third-order valence-corrected chi connectivity index (χ3v) is 5.00. The standard InChI is InChI=1S/C21H30N2O4/c1-21(2,3)27-20(25)23-11-5-6-17(23)19(24)22-13-16-10-9-15(14-7-8-14)12-18(16)26-4/h9-10,12,14,17H,5-8,11,13H2,1-4H3,(H,22,24). The van der Waals surface area contributed by atoms with E-state index in [-0.39, 0.29) is 5.91 Å². The van der Waals surface area contributed by atoms with Gasteiger partial charge in [-0.05, 0) is 64.0 Å². The number of carbonyl (C=O) groups excluding carboxylic acids is 2. The number of ether oxygens (including phenoxy) is 2. The largest absolute Gasteiger partial charge is 0.496 e. The Morgan fingerprint density at radius 1 is 1.22 bits per heavy atom. The fourth-order valence-corrected chi connectivity index (χ4v) is 3.46. The smallest absolute Gasteiger partial charge is 0.410 e. The fraction of sp³-hybridized carbons (Fsp3) is 0.619. The van der Waals surface area contributed by atoms with Gasteiger partial charge in [0.1, 0.15) is 17.4 Å². The number of hydrogen-bond acceptors (Lipinski definition) is 4. The molecule has 1 unspecified atom stereocenters. The van der Waals surface area contributed by atoms with Gasteiger partial charge in [-0.25, -0.2) is 4.79 Å². The molecule has 1 atom stereocenters. The highest BCUT2D eigenvalue weighted by Gasteiger charge is 2.36. The number of nitrogens with one attached hydrogen (secondary N) is 1. The fourth-order valence-electron chi connectivity index (χ4n) is 3.46. The number of likely N-dealkylation sites (tertiary alicyclic amines) is 1. The van der Waals surface area contributed by atoms with E-state index in [1.807, 2.05) is 26.8 Å². The van der Waals surface area contributed by atoms with Crippen LogP contribution >= 0.6 is 0 Å². The zero-order chi connectivity index (χ0) is 19.6. The average molecular weight is 374 g/mol. The maximum Gasteiger partial charge on any atom is 0.410 e. The first-order valence-electron chi connectivity index (χ1n) is 9.72. The first-order valence-corrected chi connectivity index (χ1v) is 9.72. The normalized spacial score (nSPS) is 19.7. The third-order valence-electron chi connectivity index (χ3n) is 5.00. The SMILES string of the molecule is COc1cc(C2CC2)ccc1CNC(=O)C1CCCN1C(=O)OC(C)(C)C. The third kappa shape index (κ3) is 4.93. The van der Waals surface area contributed by atoms with Crippen LogP contribution in [0.1, 0.15) is 63.5 Å². The summed E-state index contributed by atoms with van der Waals surface area (Å²) in [6.07, 6.45) is 3.51. The Balaban J connectivity index is 1.60. The Morgan fingerprint density at radius 2 is 1.96 bits per heavy atom. The minimum Gasteiger partial charge on any atom is -0.496 e. The van der Waals surface area contributed by atoms with E-state index >= 15 is 0 Å². The first kappa shape index (κ1) is 19.5. The van der Waals surface area contributed by atoms with Crippen LogP contribution in [0.15, 0.2) is 18.2 Å². The Morgan fingerprint density at radius 3 is 2.59 bits per heavy atom. The van der Waals surface area contributed by atoms with Gasteiger partial charge in [-0.15, -0.1) is 0 Å². The van der Waals surface area contributed by atoms with Gasteiger partial charge in [0.05, 0.1) is 7.11 Å². The molecule has 2 fully saturated rings. The van der Waals surface area contributed by atoms with Gasteiger partial charge in [-0.1, -0.05) is 12.1 Å². The Hall–Kier alpha value is -2.24. The molecule has 2 aliphatic rings. The molecule has 0 bridgehead atoms. The van der Waals surface area contributed by atoms with Crippen molar-refractivity contribution in [2.45, 2.75) is 70.6 Å². The van der Waals surface area contributed by atoms with Crippen molar-refractivity contribution in [1.29, 1.82) is 0 Å². The molecule has 27 heavy (non-hydrogen) atoms. The van der Waals surface area contributed by atoms with E-state index in [4.69, 9.17) is 9.47 Å². The van der Waals surface area contributed by atoms with Crippen molar-refractivity contribution < 1.29 is 19.1 Å². The summed E-state index contributed by atoms with van der Waals surface area (Å²) in [7, 11) is 1.65. The summed E-state index contributed by atoms with van der Waals surface area (Å²) in [6.45, 7) is 6.41. The lowest BCUT2D eigenvalue weighted by atomic mass is 10.1. The van der Waals surface area contributed by atoms with Crippen LogP contribution in [-0.2, 0) is 16.1 Å². The number of methoxy groups -OCH3 is 1. The first-order chi connectivity index (χ1) is 12.8. The van der Waals surface area contributed by atoms with Crippen molar-refractivity contribution in [1.82, 2.24) is 10.2 Å². The van der Waals surface area contributed by atoms with Gasteiger partial charge >= 0.3 is 6.09 Å². The van der Waals surface area contributed by atoms with E-state index in [2.05, 4.69) is 17.4 Å².